The highest BCUT2D eigenvalue weighted by atomic mass is 32.2. The molecule has 6 nitrogen and oxygen atoms in total. The van der Waals surface area contributed by atoms with E-state index in [0.29, 0.717) is 32.8 Å². The van der Waals surface area contributed by atoms with E-state index >= 15 is 0 Å². The topological polar surface area (TPSA) is 78.9 Å². The summed E-state index contributed by atoms with van der Waals surface area (Å²) >= 11 is 6.11. The molecule has 2 aliphatic rings. The lowest BCUT2D eigenvalue weighted by atomic mass is 10.1. The molecule has 1 saturated heterocycles. The first-order valence-corrected chi connectivity index (χ1v) is 7.29. The first-order chi connectivity index (χ1) is 10.0. The number of anilines is 1. The molecule has 0 unspecified atom stereocenters. The van der Waals surface area contributed by atoms with Gasteiger partial charge in [0, 0.05) is 0 Å². The minimum Gasteiger partial charge on any atom is -0.490 e. The Labute approximate surface area is 129 Å². The summed E-state index contributed by atoms with van der Waals surface area (Å²) in [6.07, 6.45) is 0.646. The molecule has 1 aromatic carbocycles. The van der Waals surface area contributed by atoms with Crippen molar-refractivity contribution in [3.8, 4) is 5.75 Å². The van der Waals surface area contributed by atoms with Gasteiger partial charge >= 0.3 is 6.09 Å². The van der Waals surface area contributed by atoms with E-state index < -0.39 is 6.09 Å². The fourth-order valence-electron chi connectivity index (χ4n) is 2.10. The van der Waals surface area contributed by atoms with Crippen LogP contribution in [0.15, 0.2) is 23.1 Å². The third kappa shape index (κ3) is 2.72. The second-order valence-electron chi connectivity index (χ2n) is 4.36. The molecule has 2 amide bonds. The molecule has 108 valence electrons. The largest absolute Gasteiger partial charge is 0.490 e. The maximum atomic E-state index is 11.6. The number of hydrogen-bond donors (Lipinski definition) is 2. The van der Waals surface area contributed by atoms with Crippen LogP contribution in [-0.4, -0.2) is 34.6 Å². The molecule has 0 aliphatic carbocycles. The Morgan fingerprint density at radius 1 is 1.52 bits per heavy atom. The molecule has 3 rings (SSSR count). The number of hydrogen-bond acceptors (Lipinski definition) is 5. The van der Waals surface area contributed by atoms with Gasteiger partial charge in [0.1, 0.15) is 16.7 Å². The highest BCUT2D eigenvalue weighted by molar-refractivity contribution is 8.26. The van der Waals surface area contributed by atoms with Gasteiger partial charge in [-0.05, 0) is 23.8 Å². The summed E-state index contributed by atoms with van der Waals surface area (Å²) in [5, 5.41) is 11.7. The van der Waals surface area contributed by atoms with Gasteiger partial charge < -0.3 is 15.2 Å². The summed E-state index contributed by atoms with van der Waals surface area (Å²) in [6.45, 7) is 0.605. The summed E-state index contributed by atoms with van der Waals surface area (Å²) in [5.74, 6) is 0.277. The number of fused-ring (bicyclic) bond motifs is 1. The van der Waals surface area contributed by atoms with Crippen molar-refractivity contribution in [2.24, 2.45) is 0 Å². The van der Waals surface area contributed by atoms with Crippen LogP contribution in [0.1, 0.15) is 5.56 Å². The van der Waals surface area contributed by atoms with Crippen LogP contribution < -0.4 is 15.0 Å². The van der Waals surface area contributed by atoms with E-state index in [1.165, 1.54) is 16.7 Å². The van der Waals surface area contributed by atoms with Gasteiger partial charge in [0.15, 0.2) is 0 Å². The SMILES string of the molecule is O=C1NC(=S)SC1=Cc1ccc2c(c1)N(C(=O)O)CCO2. The molecule has 0 spiro atoms. The normalized spacial score (nSPS) is 19.2. The Balaban J connectivity index is 1.97. The average Bonchev–Trinajstić information content (AvgIpc) is 2.76. The van der Waals surface area contributed by atoms with E-state index in [1.54, 1.807) is 24.3 Å². The Kier molecular flexibility index (Phi) is 3.56. The first-order valence-electron chi connectivity index (χ1n) is 6.07. The Hall–Kier alpha value is -2.06. The highest BCUT2D eigenvalue weighted by Crippen LogP contribution is 2.34. The van der Waals surface area contributed by atoms with Gasteiger partial charge in [-0.2, -0.15) is 0 Å². The summed E-state index contributed by atoms with van der Waals surface area (Å²) in [5.41, 5.74) is 1.20. The number of ether oxygens (including phenoxy) is 1. The second kappa shape index (κ2) is 5.38. The van der Waals surface area contributed by atoms with Gasteiger partial charge in [0.05, 0.1) is 17.1 Å². The predicted octanol–water partition coefficient (Wildman–Crippen LogP) is 2.05. The van der Waals surface area contributed by atoms with Crippen molar-refractivity contribution in [1.29, 1.82) is 0 Å². The molecule has 0 radical (unpaired) electrons. The van der Waals surface area contributed by atoms with Crippen LogP contribution in [0, 0.1) is 0 Å². The van der Waals surface area contributed by atoms with Crippen molar-refractivity contribution in [3.05, 3.63) is 28.7 Å². The molecule has 8 heteroatoms. The molecule has 2 N–H and O–H groups in total. The number of thiocarbonyl (C=S) groups is 1. The Morgan fingerprint density at radius 2 is 2.33 bits per heavy atom. The van der Waals surface area contributed by atoms with Crippen molar-refractivity contribution >= 4 is 52.1 Å². The zero-order valence-corrected chi connectivity index (χ0v) is 12.3. The zero-order chi connectivity index (χ0) is 15.0. The maximum Gasteiger partial charge on any atom is 0.412 e. The van der Waals surface area contributed by atoms with Crippen LogP contribution in [0.4, 0.5) is 10.5 Å². The monoisotopic (exact) mass is 322 g/mol. The Bertz CT molecular complexity index is 687. The lowest BCUT2D eigenvalue weighted by Crippen LogP contribution is -2.36. The van der Waals surface area contributed by atoms with Crippen LogP contribution in [0.25, 0.3) is 6.08 Å². The van der Waals surface area contributed by atoms with Crippen LogP contribution in [0.3, 0.4) is 0 Å². The minimum atomic E-state index is -1.03. The number of amides is 2. The van der Waals surface area contributed by atoms with Crippen molar-refractivity contribution in [2.45, 2.75) is 0 Å². The average molecular weight is 322 g/mol. The number of benzene rings is 1. The van der Waals surface area contributed by atoms with Crippen LogP contribution in [0.2, 0.25) is 0 Å². The highest BCUT2D eigenvalue weighted by Gasteiger charge is 2.25. The van der Waals surface area contributed by atoms with Crippen LogP contribution in [0.5, 0.6) is 5.75 Å². The second-order valence-corrected chi connectivity index (χ2v) is 6.08. The lowest BCUT2D eigenvalue weighted by molar-refractivity contribution is -0.115. The standard InChI is InChI=1S/C13H10N2O4S2/c16-11-10(21-12(20)14-11)6-7-1-2-9-8(5-7)15(13(17)18)3-4-19-9/h1-2,5-6H,3-4H2,(H,17,18)(H,14,16,20). The van der Waals surface area contributed by atoms with Gasteiger partial charge in [-0.3, -0.25) is 9.69 Å². The molecular weight excluding hydrogens is 312 g/mol. The Morgan fingerprint density at radius 3 is 3.00 bits per heavy atom. The smallest absolute Gasteiger partial charge is 0.412 e. The molecule has 0 aromatic heterocycles. The van der Waals surface area contributed by atoms with Crippen molar-refractivity contribution in [3.63, 3.8) is 0 Å². The van der Waals surface area contributed by atoms with Gasteiger partial charge in [0.2, 0.25) is 0 Å². The summed E-state index contributed by atoms with van der Waals surface area (Å²) in [4.78, 5) is 24.6. The number of carboxylic acid groups (broad SMARTS) is 1. The number of rotatable bonds is 1. The van der Waals surface area contributed by atoms with E-state index in [2.05, 4.69) is 5.32 Å². The molecular formula is C13H10N2O4S2. The van der Waals surface area contributed by atoms with Gasteiger partial charge in [-0.15, -0.1) is 0 Å². The van der Waals surface area contributed by atoms with Crippen molar-refractivity contribution in [2.75, 3.05) is 18.1 Å². The quantitative estimate of drug-likeness (QED) is 0.608. The van der Waals surface area contributed by atoms with E-state index in [4.69, 9.17) is 17.0 Å². The van der Waals surface area contributed by atoms with Crippen molar-refractivity contribution < 1.29 is 19.4 Å². The fraction of sp³-hybridized carbons (Fsp3) is 0.154. The number of thioether (sulfide) groups is 1. The number of nitrogens with zero attached hydrogens (tertiary/aromatic N) is 1. The number of nitrogens with one attached hydrogen (secondary N) is 1. The maximum absolute atomic E-state index is 11.6. The number of carbonyl (C=O) groups is 2. The summed E-state index contributed by atoms with van der Waals surface area (Å²) in [7, 11) is 0. The van der Waals surface area contributed by atoms with E-state index in [1.807, 2.05) is 0 Å². The molecule has 2 heterocycles. The van der Waals surface area contributed by atoms with Crippen molar-refractivity contribution in [1.82, 2.24) is 5.32 Å². The third-order valence-corrected chi connectivity index (χ3v) is 4.18. The molecule has 0 atom stereocenters. The molecule has 0 bridgehead atoms. The van der Waals surface area contributed by atoms with Gasteiger partial charge in [-0.25, -0.2) is 4.79 Å². The van der Waals surface area contributed by atoms with E-state index in [-0.39, 0.29) is 12.5 Å². The van der Waals surface area contributed by atoms with E-state index in [9.17, 15) is 14.7 Å². The zero-order valence-electron chi connectivity index (χ0n) is 10.7. The molecule has 2 aliphatic heterocycles. The predicted molar refractivity (Wildman–Crippen MR) is 83.6 cm³/mol. The lowest BCUT2D eigenvalue weighted by Gasteiger charge is -2.27. The van der Waals surface area contributed by atoms with E-state index in [0.717, 1.165) is 0 Å². The molecule has 0 saturated carbocycles. The molecule has 1 fully saturated rings. The summed E-state index contributed by atoms with van der Waals surface area (Å²) < 4.78 is 5.85. The van der Waals surface area contributed by atoms with Crippen LogP contribution >= 0.6 is 24.0 Å². The van der Waals surface area contributed by atoms with Gasteiger partial charge in [-0.1, -0.05) is 30.0 Å². The molecule has 1 aromatic rings. The van der Waals surface area contributed by atoms with Crippen LogP contribution in [-0.2, 0) is 4.79 Å². The fourth-order valence-corrected chi connectivity index (χ4v) is 3.14. The summed E-state index contributed by atoms with van der Waals surface area (Å²) in [6, 6.07) is 5.16. The molecule has 21 heavy (non-hydrogen) atoms. The van der Waals surface area contributed by atoms with Gasteiger partial charge in [0.25, 0.3) is 5.91 Å². The number of carbonyl (C=O) groups excluding carboxylic acids is 1. The minimum absolute atomic E-state index is 0.242. The first kappa shape index (κ1) is 13.9. The third-order valence-electron chi connectivity index (χ3n) is 3.02.